The van der Waals surface area contributed by atoms with E-state index in [9.17, 15) is 0 Å². The van der Waals surface area contributed by atoms with Crippen LogP contribution in [0.1, 0.15) is 0 Å². The Bertz CT molecular complexity index is 499. The predicted octanol–water partition coefficient (Wildman–Crippen LogP) is 4.03. The van der Waals surface area contributed by atoms with Crippen LogP contribution in [0.15, 0.2) is 59.0 Å². The van der Waals surface area contributed by atoms with Gasteiger partial charge in [0.2, 0.25) is 0 Å². The Kier molecular flexibility index (Phi) is 2.35. The Hall–Kier alpha value is -1.93. The fraction of sp³-hybridized carbons (Fsp3) is 0. The molecule has 0 aliphatic heterocycles. The molecule has 0 saturated carbocycles. The van der Waals surface area contributed by atoms with Gasteiger partial charge in [0.1, 0.15) is 0 Å². The molecule has 15 heavy (non-hydrogen) atoms. The van der Waals surface area contributed by atoms with Gasteiger partial charge in [0.25, 0.3) is 0 Å². The first-order valence-electron chi connectivity index (χ1n) is 4.64. The maximum Gasteiger partial charge on any atom is 0.360 e. The van der Waals surface area contributed by atoms with E-state index in [4.69, 9.17) is 4.42 Å². The number of hydrogen-bond donors (Lipinski definition) is 1. The summed E-state index contributed by atoms with van der Waals surface area (Å²) in [7, 11) is 0. The van der Waals surface area contributed by atoms with Gasteiger partial charge in [-0.05, 0) is 18.2 Å². The van der Waals surface area contributed by atoms with Gasteiger partial charge in [0.15, 0.2) is 0 Å². The molecule has 2 nitrogen and oxygen atoms in total. The van der Waals surface area contributed by atoms with Gasteiger partial charge in [-0.2, -0.15) is 0 Å². The van der Waals surface area contributed by atoms with Crippen molar-refractivity contribution in [1.82, 2.24) is 6.15 Å². The van der Waals surface area contributed by atoms with Crippen molar-refractivity contribution >= 4 is 21.9 Å². The van der Waals surface area contributed by atoms with Gasteiger partial charge >= 0.3 is 11.2 Å². The summed E-state index contributed by atoms with van der Waals surface area (Å²) in [6.45, 7) is 0. The highest BCUT2D eigenvalue weighted by Crippen LogP contribution is 2.21. The van der Waals surface area contributed by atoms with Crippen LogP contribution in [0.4, 0.5) is 0 Å². The van der Waals surface area contributed by atoms with E-state index < -0.39 is 0 Å². The zero-order valence-corrected chi connectivity index (χ0v) is 8.31. The normalized spacial score (nSPS) is 10.1. The van der Waals surface area contributed by atoms with E-state index in [-0.39, 0.29) is 6.15 Å². The number of para-hydroxylation sites is 2. The highest BCUT2D eigenvalue weighted by molar-refractivity contribution is 5.89. The lowest BCUT2D eigenvalue weighted by molar-refractivity contribution is 0.661. The molecular formula is C13H12NO+. The first kappa shape index (κ1) is 9.62. The van der Waals surface area contributed by atoms with E-state index >= 15 is 0 Å². The minimum absolute atomic E-state index is 0. The molecule has 3 aromatic rings. The van der Waals surface area contributed by atoms with Crippen molar-refractivity contribution in [2.45, 2.75) is 0 Å². The molecule has 1 heterocycles. The maximum absolute atomic E-state index is 5.75. The van der Waals surface area contributed by atoms with Crippen LogP contribution in [0, 0.1) is 0 Å². The van der Waals surface area contributed by atoms with Crippen molar-refractivity contribution in [2.24, 2.45) is 0 Å². The van der Waals surface area contributed by atoms with E-state index in [0.717, 1.165) is 21.9 Å². The minimum Gasteiger partial charge on any atom is -0.344 e. The molecule has 3 N–H and O–H groups in total. The fourth-order valence-electron chi connectivity index (χ4n) is 1.67. The number of benzene rings is 2. The lowest BCUT2D eigenvalue weighted by Crippen LogP contribution is -1.74. The third-order valence-electron chi connectivity index (χ3n) is 2.37. The molecule has 0 aliphatic carbocycles. The smallest absolute Gasteiger partial charge is 0.344 e. The number of fused-ring (bicyclic) bond motifs is 2. The molecule has 1 aromatic heterocycles. The van der Waals surface area contributed by atoms with Crippen molar-refractivity contribution in [3.8, 4) is 0 Å². The van der Waals surface area contributed by atoms with Gasteiger partial charge in [-0.1, -0.05) is 24.3 Å². The third-order valence-corrected chi connectivity index (χ3v) is 2.37. The maximum atomic E-state index is 5.75. The van der Waals surface area contributed by atoms with Crippen LogP contribution >= 0.6 is 0 Å². The molecule has 0 unspecified atom stereocenters. The molecule has 0 fully saturated rings. The Morgan fingerprint density at radius 2 is 1.13 bits per heavy atom. The van der Waals surface area contributed by atoms with E-state index in [2.05, 4.69) is 18.2 Å². The quantitative estimate of drug-likeness (QED) is 0.438. The molecule has 0 saturated heterocycles. The zero-order chi connectivity index (χ0) is 9.38. The Balaban J connectivity index is 0.000000853. The van der Waals surface area contributed by atoms with Crippen molar-refractivity contribution in [2.75, 3.05) is 0 Å². The largest absolute Gasteiger partial charge is 0.360 e. The first-order valence-corrected chi connectivity index (χ1v) is 4.64. The Labute approximate surface area is 87.7 Å². The molecule has 0 aliphatic rings. The van der Waals surface area contributed by atoms with Crippen LogP contribution < -0.4 is 6.15 Å². The molecule has 3 rings (SSSR count). The summed E-state index contributed by atoms with van der Waals surface area (Å²) in [4.78, 5) is 0. The highest BCUT2D eigenvalue weighted by Gasteiger charge is 2.09. The molecule has 0 radical (unpaired) electrons. The van der Waals surface area contributed by atoms with Crippen LogP contribution in [-0.4, -0.2) is 0 Å². The second kappa shape index (κ2) is 3.67. The first-order chi connectivity index (χ1) is 6.93. The summed E-state index contributed by atoms with van der Waals surface area (Å²) in [5, 5.41) is 2.29. The van der Waals surface area contributed by atoms with E-state index in [1.807, 2.05) is 36.4 Å². The lowest BCUT2D eigenvalue weighted by atomic mass is 10.1. The second-order valence-corrected chi connectivity index (χ2v) is 3.32. The Morgan fingerprint density at radius 1 is 0.667 bits per heavy atom. The highest BCUT2D eigenvalue weighted by atomic mass is 16.3. The minimum atomic E-state index is 0. The van der Waals surface area contributed by atoms with Crippen molar-refractivity contribution in [3.05, 3.63) is 54.6 Å². The molecule has 2 heteroatoms. The SMILES string of the molecule is N.c1ccc2[o+]c3ccccc3cc2c1. The van der Waals surface area contributed by atoms with Gasteiger partial charge in [-0.15, -0.1) is 0 Å². The van der Waals surface area contributed by atoms with Crippen LogP contribution in [-0.2, 0) is 0 Å². The van der Waals surface area contributed by atoms with Gasteiger partial charge in [0.05, 0.1) is 10.8 Å². The molecular weight excluding hydrogens is 186 g/mol. The van der Waals surface area contributed by atoms with Gasteiger partial charge in [0, 0.05) is 12.1 Å². The summed E-state index contributed by atoms with van der Waals surface area (Å²) in [5.74, 6) is 0. The van der Waals surface area contributed by atoms with Crippen LogP contribution in [0.5, 0.6) is 0 Å². The molecule has 0 spiro atoms. The molecule has 0 atom stereocenters. The van der Waals surface area contributed by atoms with Gasteiger partial charge in [-0.3, -0.25) is 0 Å². The van der Waals surface area contributed by atoms with E-state index in [0.29, 0.717) is 0 Å². The molecule has 2 aromatic carbocycles. The van der Waals surface area contributed by atoms with Crippen LogP contribution in [0.3, 0.4) is 0 Å². The van der Waals surface area contributed by atoms with E-state index in [1.165, 1.54) is 0 Å². The average molecular weight is 198 g/mol. The fourth-order valence-corrected chi connectivity index (χ4v) is 1.67. The third kappa shape index (κ3) is 1.55. The lowest BCUT2D eigenvalue weighted by Gasteiger charge is -1.89. The molecule has 74 valence electrons. The second-order valence-electron chi connectivity index (χ2n) is 3.32. The van der Waals surface area contributed by atoms with E-state index in [1.54, 1.807) is 0 Å². The summed E-state index contributed by atoms with van der Waals surface area (Å²) in [6, 6.07) is 18.3. The summed E-state index contributed by atoms with van der Waals surface area (Å²) in [5.41, 5.74) is 1.87. The zero-order valence-electron chi connectivity index (χ0n) is 8.31. The van der Waals surface area contributed by atoms with Crippen molar-refractivity contribution < 1.29 is 4.42 Å². The standard InChI is InChI=1S/C13H9O.H3N/c1-3-7-12-10(5-1)9-11-6-2-4-8-13(11)14-12;/h1-9H;1H3/q+1;. The summed E-state index contributed by atoms with van der Waals surface area (Å²) < 4.78 is 5.75. The van der Waals surface area contributed by atoms with Crippen molar-refractivity contribution in [1.29, 1.82) is 0 Å². The molecule has 0 bridgehead atoms. The monoisotopic (exact) mass is 198 g/mol. The topological polar surface area (TPSA) is 46.3 Å². The van der Waals surface area contributed by atoms with Crippen LogP contribution in [0.25, 0.3) is 21.9 Å². The summed E-state index contributed by atoms with van der Waals surface area (Å²) in [6.07, 6.45) is 0. The number of rotatable bonds is 0. The van der Waals surface area contributed by atoms with Gasteiger partial charge in [-0.25, -0.2) is 4.42 Å². The number of hydrogen-bond acceptors (Lipinski definition) is 1. The molecule has 0 amide bonds. The summed E-state index contributed by atoms with van der Waals surface area (Å²) >= 11 is 0. The Morgan fingerprint density at radius 3 is 1.67 bits per heavy atom. The predicted molar refractivity (Wildman–Crippen MR) is 63.1 cm³/mol. The van der Waals surface area contributed by atoms with Crippen LogP contribution in [0.2, 0.25) is 0 Å². The van der Waals surface area contributed by atoms with Crippen molar-refractivity contribution in [3.63, 3.8) is 0 Å². The average Bonchev–Trinajstić information content (AvgIpc) is 2.26. The van der Waals surface area contributed by atoms with Gasteiger partial charge < -0.3 is 6.15 Å².